The number of carbonyl (C=O) groups excluding carboxylic acids is 1. The standard InChI is InChI=1S/C16H18ClN3O/c1-11(18-2)8-20-16(21)14-7-13(9-19-10-14)12-3-5-15(17)6-4-12/h3-7,9-11,18H,8H2,1-2H3,(H,20,21). The molecule has 2 N–H and O–H groups in total. The Balaban J connectivity index is 2.14. The van der Waals surface area contributed by atoms with Crippen molar-refractivity contribution >= 4 is 17.5 Å². The molecule has 0 aliphatic carbocycles. The molecule has 2 aromatic rings. The van der Waals surface area contributed by atoms with Crippen LogP contribution in [0.3, 0.4) is 0 Å². The van der Waals surface area contributed by atoms with Gasteiger partial charge in [-0.25, -0.2) is 0 Å². The van der Waals surface area contributed by atoms with Crippen molar-refractivity contribution in [2.75, 3.05) is 13.6 Å². The number of nitrogens with one attached hydrogen (secondary N) is 2. The van der Waals surface area contributed by atoms with Crippen LogP contribution in [0.2, 0.25) is 5.02 Å². The van der Waals surface area contributed by atoms with E-state index in [2.05, 4.69) is 15.6 Å². The second-order valence-electron chi connectivity index (χ2n) is 4.87. The fraction of sp³-hybridized carbons (Fsp3) is 0.250. The second kappa shape index (κ2) is 7.20. The molecule has 1 unspecified atom stereocenters. The van der Waals surface area contributed by atoms with Gasteiger partial charge in [0.1, 0.15) is 0 Å². The summed E-state index contributed by atoms with van der Waals surface area (Å²) in [6, 6.07) is 9.50. The Hall–Kier alpha value is -1.91. The Morgan fingerprint density at radius 2 is 1.95 bits per heavy atom. The minimum atomic E-state index is -0.125. The van der Waals surface area contributed by atoms with Crippen LogP contribution >= 0.6 is 11.6 Å². The third-order valence-corrected chi connectivity index (χ3v) is 3.49. The molecule has 1 amide bonds. The van der Waals surface area contributed by atoms with Crippen molar-refractivity contribution in [3.63, 3.8) is 0 Å². The summed E-state index contributed by atoms with van der Waals surface area (Å²) in [6.45, 7) is 2.57. The number of carbonyl (C=O) groups is 1. The quantitative estimate of drug-likeness (QED) is 0.893. The smallest absolute Gasteiger partial charge is 0.252 e. The fourth-order valence-corrected chi connectivity index (χ4v) is 1.94. The number of rotatable bonds is 5. The number of amides is 1. The van der Waals surface area contributed by atoms with Crippen LogP contribution in [-0.2, 0) is 0 Å². The van der Waals surface area contributed by atoms with E-state index >= 15 is 0 Å². The molecule has 110 valence electrons. The van der Waals surface area contributed by atoms with Gasteiger partial charge in [-0.05, 0) is 37.7 Å². The van der Waals surface area contributed by atoms with Gasteiger partial charge in [0.2, 0.25) is 0 Å². The summed E-state index contributed by atoms with van der Waals surface area (Å²) in [5.74, 6) is -0.125. The Bertz CT molecular complexity index is 613. The lowest BCUT2D eigenvalue weighted by Gasteiger charge is -2.11. The molecule has 0 bridgehead atoms. The van der Waals surface area contributed by atoms with Crippen LogP contribution in [0.15, 0.2) is 42.7 Å². The zero-order valence-corrected chi connectivity index (χ0v) is 12.8. The zero-order chi connectivity index (χ0) is 15.2. The summed E-state index contributed by atoms with van der Waals surface area (Å²) >= 11 is 5.88. The van der Waals surface area contributed by atoms with E-state index in [0.29, 0.717) is 17.1 Å². The van der Waals surface area contributed by atoms with Gasteiger partial charge in [-0.1, -0.05) is 23.7 Å². The summed E-state index contributed by atoms with van der Waals surface area (Å²) in [7, 11) is 1.86. The topological polar surface area (TPSA) is 54.0 Å². The maximum Gasteiger partial charge on any atom is 0.252 e. The van der Waals surface area contributed by atoms with E-state index in [1.807, 2.05) is 44.3 Å². The molecule has 21 heavy (non-hydrogen) atoms. The molecule has 0 radical (unpaired) electrons. The number of nitrogens with zero attached hydrogens (tertiary/aromatic N) is 1. The van der Waals surface area contributed by atoms with E-state index < -0.39 is 0 Å². The van der Waals surface area contributed by atoms with Gasteiger partial charge in [0.25, 0.3) is 5.91 Å². The molecular formula is C16H18ClN3O. The summed E-state index contributed by atoms with van der Waals surface area (Å²) in [5, 5.41) is 6.63. The zero-order valence-electron chi connectivity index (χ0n) is 12.1. The molecule has 1 aromatic heterocycles. The Morgan fingerprint density at radius 3 is 2.62 bits per heavy atom. The highest BCUT2D eigenvalue weighted by Crippen LogP contribution is 2.21. The van der Waals surface area contributed by atoms with Crippen molar-refractivity contribution in [3.8, 4) is 11.1 Å². The lowest BCUT2D eigenvalue weighted by Crippen LogP contribution is -2.37. The largest absolute Gasteiger partial charge is 0.350 e. The van der Waals surface area contributed by atoms with Crippen LogP contribution in [-0.4, -0.2) is 30.5 Å². The Morgan fingerprint density at radius 1 is 1.24 bits per heavy atom. The van der Waals surface area contributed by atoms with Crippen molar-refractivity contribution in [1.82, 2.24) is 15.6 Å². The number of aromatic nitrogens is 1. The van der Waals surface area contributed by atoms with Crippen molar-refractivity contribution in [3.05, 3.63) is 53.3 Å². The van der Waals surface area contributed by atoms with Gasteiger partial charge in [0.05, 0.1) is 5.56 Å². The Labute approximate surface area is 129 Å². The maximum atomic E-state index is 12.1. The molecule has 0 spiro atoms. The molecular weight excluding hydrogens is 286 g/mol. The Kier molecular flexibility index (Phi) is 5.31. The third kappa shape index (κ3) is 4.28. The lowest BCUT2D eigenvalue weighted by molar-refractivity contribution is 0.0950. The van der Waals surface area contributed by atoms with Crippen LogP contribution in [0, 0.1) is 0 Å². The first-order valence-corrected chi connectivity index (χ1v) is 7.14. The van der Waals surface area contributed by atoms with E-state index in [4.69, 9.17) is 11.6 Å². The van der Waals surface area contributed by atoms with Gasteiger partial charge < -0.3 is 10.6 Å². The first kappa shape index (κ1) is 15.5. The average Bonchev–Trinajstić information content (AvgIpc) is 2.53. The van der Waals surface area contributed by atoms with Crippen molar-refractivity contribution in [2.24, 2.45) is 0 Å². The van der Waals surface area contributed by atoms with Crippen LogP contribution in [0.4, 0.5) is 0 Å². The fourth-order valence-electron chi connectivity index (χ4n) is 1.81. The minimum Gasteiger partial charge on any atom is -0.350 e. The van der Waals surface area contributed by atoms with Gasteiger partial charge in [-0.2, -0.15) is 0 Å². The van der Waals surface area contributed by atoms with E-state index in [1.165, 1.54) is 0 Å². The monoisotopic (exact) mass is 303 g/mol. The number of halogens is 1. The normalized spacial score (nSPS) is 12.0. The van der Waals surface area contributed by atoms with E-state index in [9.17, 15) is 4.79 Å². The van der Waals surface area contributed by atoms with Crippen LogP contribution < -0.4 is 10.6 Å². The SMILES string of the molecule is CNC(C)CNC(=O)c1cncc(-c2ccc(Cl)cc2)c1. The predicted molar refractivity (Wildman–Crippen MR) is 85.5 cm³/mol. The molecule has 0 fully saturated rings. The number of benzene rings is 1. The first-order valence-electron chi connectivity index (χ1n) is 6.76. The second-order valence-corrected chi connectivity index (χ2v) is 5.31. The summed E-state index contributed by atoms with van der Waals surface area (Å²) in [6.07, 6.45) is 3.30. The van der Waals surface area contributed by atoms with Gasteiger partial charge in [0, 0.05) is 35.6 Å². The highest BCUT2D eigenvalue weighted by Gasteiger charge is 2.09. The number of pyridine rings is 1. The minimum absolute atomic E-state index is 0.125. The van der Waals surface area contributed by atoms with Crippen LogP contribution in [0.25, 0.3) is 11.1 Å². The molecule has 0 aliphatic rings. The molecule has 0 aliphatic heterocycles. The molecule has 1 heterocycles. The molecule has 0 saturated carbocycles. The number of hydrogen-bond acceptors (Lipinski definition) is 3. The average molecular weight is 304 g/mol. The molecule has 5 heteroatoms. The van der Waals surface area contributed by atoms with Crippen molar-refractivity contribution in [2.45, 2.75) is 13.0 Å². The third-order valence-electron chi connectivity index (χ3n) is 3.24. The highest BCUT2D eigenvalue weighted by atomic mass is 35.5. The van der Waals surface area contributed by atoms with Crippen LogP contribution in [0.1, 0.15) is 17.3 Å². The number of likely N-dealkylation sites (N-methyl/N-ethyl adjacent to an activating group) is 1. The van der Waals surface area contributed by atoms with Gasteiger partial charge >= 0.3 is 0 Å². The predicted octanol–water partition coefficient (Wildman–Crippen LogP) is 2.74. The first-order chi connectivity index (χ1) is 10.1. The van der Waals surface area contributed by atoms with Crippen molar-refractivity contribution < 1.29 is 4.79 Å². The highest BCUT2D eigenvalue weighted by molar-refractivity contribution is 6.30. The summed E-state index contributed by atoms with van der Waals surface area (Å²) in [5.41, 5.74) is 2.41. The number of hydrogen-bond donors (Lipinski definition) is 2. The molecule has 1 atom stereocenters. The van der Waals surface area contributed by atoms with Gasteiger partial charge in [-0.3, -0.25) is 9.78 Å². The molecule has 2 rings (SSSR count). The molecule has 4 nitrogen and oxygen atoms in total. The van der Waals surface area contributed by atoms with E-state index in [-0.39, 0.29) is 11.9 Å². The summed E-state index contributed by atoms with van der Waals surface area (Å²) < 4.78 is 0. The van der Waals surface area contributed by atoms with Crippen molar-refractivity contribution in [1.29, 1.82) is 0 Å². The molecule has 0 saturated heterocycles. The van der Waals surface area contributed by atoms with Gasteiger partial charge in [-0.15, -0.1) is 0 Å². The maximum absolute atomic E-state index is 12.1. The van der Waals surface area contributed by atoms with Gasteiger partial charge in [0.15, 0.2) is 0 Å². The summed E-state index contributed by atoms with van der Waals surface area (Å²) in [4.78, 5) is 16.2. The van der Waals surface area contributed by atoms with E-state index in [1.54, 1.807) is 12.4 Å². The molecule has 1 aromatic carbocycles. The van der Waals surface area contributed by atoms with E-state index in [0.717, 1.165) is 11.1 Å². The van der Waals surface area contributed by atoms with Crippen LogP contribution in [0.5, 0.6) is 0 Å². The lowest BCUT2D eigenvalue weighted by atomic mass is 10.1.